The number of aliphatic hydroxyl groups excluding tert-OH is 5. The minimum absolute atomic E-state index is 0.0699. The smallest absolute Gasteiger partial charge is 0.309 e. The van der Waals surface area contributed by atoms with E-state index in [9.17, 15) is 25.2 Å². The van der Waals surface area contributed by atoms with Crippen LogP contribution in [0.15, 0.2) is 11.6 Å². The Morgan fingerprint density at radius 3 is 2.10 bits per heavy atom. The van der Waals surface area contributed by atoms with Crippen molar-refractivity contribution >= 4 is 5.97 Å². The van der Waals surface area contributed by atoms with E-state index in [1.807, 2.05) is 6.92 Å². The van der Waals surface area contributed by atoms with Gasteiger partial charge >= 0.3 is 5.97 Å². The highest BCUT2D eigenvalue weighted by molar-refractivity contribution is 5.71. The summed E-state index contributed by atoms with van der Waals surface area (Å²) in [6.07, 6.45) is 2.24. The molecule has 5 N–H and O–H groups in total. The van der Waals surface area contributed by atoms with Crippen LogP contribution in [-0.2, 0) is 9.53 Å². The summed E-state index contributed by atoms with van der Waals surface area (Å²) in [5.41, 5.74) is 1.11. The van der Waals surface area contributed by atoms with E-state index in [0.29, 0.717) is 5.92 Å². The highest BCUT2D eigenvalue weighted by Gasteiger charge is 2.30. The molecule has 0 heterocycles. The number of rotatable bonds is 16. The number of aliphatic hydroxyl groups is 5. The van der Waals surface area contributed by atoms with Crippen molar-refractivity contribution in [2.45, 2.75) is 97.1 Å². The molecule has 7 nitrogen and oxygen atoms in total. The van der Waals surface area contributed by atoms with Gasteiger partial charge in [0.15, 0.2) is 0 Å². The minimum atomic E-state index is -1.73. The van der Waals surface area contributed by atoms with E-state index in [1.54, 1.807) is 6.08 Å². The van der Waals surface area contributed by atoms with Crippen molar-refractivity contribution < 1.29 is 35.1 Å². The van der Waals surface area contributed by atoms with E-state index >= 15 is 0 Å². The van der Waals surface area contributed by atoms with E-state index in [1.165, 1.54) is 25.7 Å². The van der Waals surface area contributed by atoms with Gasteiger partial charge in [-0.1, -0.05) is 58.1 Å². The molecule has 7 heteroatoms. The summed E-state index contributed by atoms with van der Waals surface area (Å²) < 4.78 is 4.90. The number of hydrogen-bond acceptors (Lipinski definition) is 7. The molecule has 29 heavy (non-hydrogen) atoms. The molecular formula is C22H42O7. The lowest BCUT2D eigenvalue weighted by Crippen LogP contribution is -2.47. The first-order valence-corrected chi connectivity index (χ1v) is 10.7. The Labute approximate surface area is 175 Å². The summed E-state index contributed by atoms with van der Waals surface area (Å²) >= 11 is 0. The molecule has 0 rings (SSSR count). The van der Waals surface area contributed by atoms with Gasteiger partial charge in [-0.2, -0.15) is 0 Å². The number of allylic oxidation sites excluding steroid dienone is 1. The van der Waals surface area contributed by atoms with E-state index in [2.05, 4.69) is 20.8 Å². The summed E-state index contributed by atoms with van der Waals surface area (Å²) in [6.45, 7) is 7.49. The maximum atomic E-state index is 11.8. The van der Waals surface area contributed by atoms with E-state index < -0.39 is 43.6 Å². The second-order valence-corrected chi connectivity index (χ2v) is 8.56. The number of carbonyl (C=O) groups is 1. The fraction of sp³-hybridized carbons (Fsp3) is 0.864. The first-order valence-electron chi connectivity index (χ1n) is 10.7. The first kappa shape index (κ1) is 28.0. The lowest BCUT2D eigenvalue weighted by Gasteiger charge is -2.25. The SMILES string of the molecule is C/C(=C\CC(=O)OC[C@@H](O)[C@@H](O)[C@H](O)[C@H](O)CO)CCCC(C)CCCC(C)C. The molecule has 0 aromatic heterocycles. The van der Waals surface area contributed by atoms with Gasteiger partial charge in [0.2, 0.25) is 0 Å². The van der Waals surface area contributed by atoms with E-state index in [4.69, 9.17) is 9.84 Å². The van der Waals surface area contributed by atoms with Crippen LogP contribution < -0.4 is 0 Å². The summed E-state index contributed by atoms with van der Waals surface area (Å²) in [5.74, 6) is 0.919. The zero-order chi connectivity index (χ0) is 22.4. The van der Waals surface area contributed by atoms with Crippen molar-refractivity contribution in [3.63, 3.8) is 0 Å². The van der Waals surface area contributed by atoms with Gasteiger partial charge in [-0.3, -0.25) is 4.79 Å². The van der Waals surface area contributed by atoms with Crippen molar-refractivity contribution in [2.75, 3.05) is 13.2 Å². The Morgan fingerprint density at radius 1 is 0.931 bits per heavy atom. The molecule has 0 aromatic carbocycles. The molecule has 0 fully saturated rings. The van der Waals surface area contributed by atoms with Crippen LogP contribution in [0.4, 0.5) is 0 Å². The molecule has 0 aliphatic heterocycles. The average Bonchev–Trinajstić information content (AvgIpc) is 2.68. The van der Waals surface area contributed by atoms with Gasteiger partial charge in [0.05, 0.1) is 13.0 Å². The Balaban J connectivity index is 4.05. The zero-order valence-electron chi connectivity index (χ0n) is 18.5. The largest absolute Gasteiger partial charge is 0.463 e. The second kappa shape index (κ2) is 15.8. The van der Waals surface area contributed by atoms with Crippen LogP contribution in [-0.4, -0.2) is 69.1 Å². The molecule has 172 valence electrons. The first-order chi connectivity index (χ1) is 13.6. The van der Waals surface area contributed by atoms with Gasteiger partial charge in [-0.15, -0.1) is 0 Å². The van der Waals surface area contributed by atoms with Crippen LogP contribution in [0.2, 0.25) is 0 Å². The van der Waals surface area contributed by atoms with Crippen LogP contribution in [0.1, 0.15) is 72.6 Å². The van der Waals surface area contributed by atoms with Crippen LogP contribution >= 0.6 is 0 Å². The third-order valence-corrected chi connectivity index (χ3v) is 5.10. The van der Waals surface area contributed by atoms with Crippen molar-refractivity contribution in [1.29, 1.82) is 0 Å². The summed E-state index contributed by atoms with van der Waals surface area (Å²) in [6, 6.07) is 0. The summed E-state index contributed by atoms with van der Waals surface area (Å²) in [5, 5.41) is 46.9. The lowest BCUT2D eigenvalue weighted by molar-refractivity contribution is -0.155. The molecule has 0 radical (unpaired) electrons. The molecule has 0 saturated carbocycles. The zero-order valence-corrected chi connectivity index (χ0v) is 18.5. The Hall–Kier alpha value is -0.990. The lowest BCUT2D eigenvalue weighted by atomic mass is 9.94. The van der Waals surface area contributed by atoms with E-state index in [-0.39, 0.29) is 6.42 Å². The quantitative estimate of drug-likeness (QED) is 0.191. The third-order valence-electron chi connectivity index (χ3n) is 5.10. The van der Waals surface area contributed by atoms with Crippen molar-refractivity contribution in [2.24, 2.45) is 11.8 Å². The number of esters is 1. The highest BCUT2D eigenvalue weighted by Crippen LogP contribution is 2.19. The molecule has 0 spiro atoms. The van der Waals surface area contributed by atoms with Crippen LogP contribution in [0.25, 0.3) is 0 Å². The van der Waals surface area contributed by atoms with Crippen LogP contribution in [0.3, 0.4) is 0 Å². The Morgan fingerprint density at radius 2 is 1.52 bits per heavy atom. The third kappa shape index (κ3) is 13.8. The van der Waals surface area contributed by atoms with Crippen molar-refractivity contribution in [3.8, 4) is 0 Å². The molecular weight excluding hydrogens is 376 g/mol. The highest BCUT2D eigenvalue weighted by atomic mass is 16.5. The maximum Gasteiger partial charge on any atom is 0.309 e. The monoisotopic (exact) mass is 418 g/mol. The Bertz CT molecular complexity index is 464. The predicted molar refractivity (Wildman–Crippen MR) is 112 cm³/mol. The van der Waals surface area contributed by atoms with Gasteiger partial charge in [-0.25, -0.2) is 0 Å². The van der Waals surface area contributed by atoms with Gasteiger partial charge in [0.1, 0.15) is 31.0 Å². The minimum Gasteiger partial charge on any atom is -0.463 e. The molecule has 0 bridgehead atoms. The van der Waals surface area contributed by atoms with Crippen LogP contribution in [0.5, 0.6) is 0 Å². The summed E-state index contributed by atoms with van der Waals surface area (Å²) in [4.78, 5) is 11.8. The van der Waals surface area contributed by atoms with Crippen LogP contribution in [0, 0.1) is 11.8 Å². The normalized spacial score (nSPS) is 17.7. The van der Waals surface area contributed by atoms with Crippen molar-refractivity contribution in [1.82, 2.24) is 0 Å². The molecule has 0 aliphatic carbocycles. The number of hydrogen-bond donors (Lipinski definition) is 5. The van der Waals surface area contributed by atoms with Gasteiger partial charge in [-0.05, 0) is 31.6 Å². The standard InChI is InChI=1S/C22H42O7/c1-15(2)7-5-8-16(3)9-6-10-17(4)11-12-20(26)29-14-19(25)22(28)21(27)18(24)13-23/h11,15-16,18-19,21-25,27-28H,5-10,12-14H2,1-4H3/b17-11+/t16?,18-,19-,21-,22-/m1/s1. The molecule has 1 unspecified atom stereocenters. The topological polar surface area (TPSA) is 127 Å². The average molecular weight is 419 g/mol. The second-order valence-electron chi connectivity index (χ2n) is 8.56. The predicted octanol–water partition coefficient (Wildman–Crippen LogP) is 1.93. The fourth-order valence-corrected chi connectivity index (χ4v) is 3.01. The van der Waals surface area contributed by atoms with Gasteiger partial charge in [0, 0.05) is 0 Å². The fourth-order valence-electron chi connectivity index (χ4n) is 3.01. The maximum absolute atomic E-state index is 11.8. The molecule has 5 atom stereocenters. The number of carbonyl (C=O) groups excluding carboxylic acids is 1. The molecule has 0 aliphatic rings. The molecule has 0 saturated heterocycles. The Kier molecular flexibility index (Phi) is 15.3. The molecule has 0 aromatic rings. The van der Waals surface area contributed by atoms with Crippen molar-refractivity contribution in [3.05, 3.63) is 11.6 Å². The number of ether oxygens (including phenoxy) is 1. The van der Waals surface area contributed by atoms with E-state index in [0.717, 1.165) is 24.3 Å². The van der Waals surface area contributed by atoms with Gasteiger partial charge in [0.25, 0.3) is 0 Å². The van der Waals surface area contributed by atoms with Gasteiger partial charge < -0.3 is 30.3 Å². The molecule has 0 amide bonds. The summed E-state index contributed by atoms with van der Waals surface area (Å²) in [7, 11) is 0.